The monoisotopic (exact) mass is 225 g/mol. The summed E-state index contributed by atoms with van der Waals surface area (Å²) >= 11 is 0. The summed E-state index contributed by atoms with van der Waals surface area (Å²) in [6, 6.07) is 3.88. The van der Waals surface area contributed by atoms with E-state index in [2.05, 4.69) is 4.90 Å². The molecule has 1 unspecified atom stereocenters. The van der Waals surface area contributed by atoms with Crippen molar-refractivity contribution in [1.29, 1.82) is 0 Å². The summed E-state index contributed by atoms with van der Waals surface area (Å²) in [5.41, 5.74) is 0. The standard InChI is InChI=1S/C12H19NO3/c1-9(12(14)15)6-7-13(3)8-11-5-4-10(2)16-11/h4-5,9H,6-8H2,1-3H3,(H,14,15). The molecule has 0 fully saturated rings. The first-order valence-electron chi connectivity index (χ1n) is 5.45. The first-order chi connectivity index (χ1) is 7.49. The number of hydrogen-bond donors (Lipinski definition) is 1. The molecule has 0 radical (unpaired) electrons. The zero-order chi connectivity index (χ0) is 12.1. The van der Waals surface area contributed by atoms with Crippen LogP contribution in [0.5, 0.6) is 0 Å². The fraction of sp³-hybridized carbons (Fsp3) is 0.583. The molecule has 1 heterocycles. The second-order valence-corrected chi connectivity index (χ2v) is 4.28. The molecule has 0 aliphatic heterocycles. The smallest absolute Gasteiger partial charge is 0.306 e. The predicted molar refractivity (Wildman–Crippen MR) is 61.2 cm³/mol. The van der Waals surface area contributed by atoms with Crippen molar-refractivity contribution in [2.75, 3.05) is 13.6 Å². The van der Waals surface area contributed by atoms with Gasteiger partial charge in [-0.15, -0.1) is 0 Å². The summed E-state index contributed by atoms with van der Waals surface area (Å²) in [6.45, 7) is 5.12. The van der Waals surface area contributed by atoms with Gasteiger partial charge in [-0.05, 0) is 39.1 Å². The van der Waals surface area contributed by atoms with Gasteiger partial charge < -0.3 is 9.52 Å². The number of carbonyl (C=O) groups is 1. The van der Waals surface area contributed by atoms with Gasteiger partial charge in [-0.2, -0.15) is 0 Å². The van der Waals surface area contributed by atoms with E-state index in [1.165, 1.54) is 0 Å². The van der Waals surface area contributed by atoms with Crippen LogP contribution in [0.1, 0.15) is 24.9 Å². The quantitative estimate of drug-likeness (QED) is 0.805. The molecule has 90 valence electrons. The van der Waals surface area contributed by atoms with E-state index in [4.69, 9.17) is 9.52 Å². The molecule has 4 nitrogen and oxygen atoms in total. The lowest BCUT2D eigenvalue weighted by molar-refractivity contribution is -0.141. The zero-order valence-corrected chi connectivity index (χ0v) is 10.1. The van der Waals surface area contributed by atoms with E-state index in [0.717, 1.165) is 24.6 Å². The summed E-state index contributed by atoms with van der Waals surface area (Å²) < 4.78 is 5.45. The van der Waals surface area contributed by atoms with Crippen LogP contribution in [0.4, 0.5) is 0 Å². The van der Waals surface area contributed by atoms with Gasteiger partial charge in [-0.1, -0.05) is 6.92 Å². The van der Waals surface area contributed by atoms with E-state index in [-0.39, 0.29) is 5.92 Å². The highest BCUT2D eigenvalue weighted by Gasteiger charge is 2.12. The Bertz CT molecular complexity index is 346. The van der Waals surface area contributed by atoms with Crippen molar-refractivity contribution >= 4 is 5.97 Å². The first kappa shape index (κ1) is 12.8. The molecule has 16 heavy (non-hydrogen) atoms. The molecule has 0 aromatic carbocycles. The highest BCUT2D eigenvalue weighted by Crippen LogP contribution is 2.10. The summed E-state index contributed by atoms with van der Waals surface area (Å²) in [4.78, 5) is 12.7. The van der Waals surface area contributed by atoms with Crippen molar-refractivity contribution in [2.45, 2.75) is 26.8 Å². The summed E-state index contributed by atoms with van der Waals surface area (Å²) in [7, 11) is 1.96. The predicted octanol–water partition coefficient (Wildman–Crippen LogP) is 2.13. The Labute approximate surface area is 95.9 Å². The minimum Gasteiger partial charge on any atom is -0.481 e. The van der Waals surface area contributed by atoms with Gasteiger partial charge in [0.1, 0.15) is 11.5 Å². The maximum Gasteiger partial charge on any atom is 0.306 e. The van der Waals surface area contributed by atoms with Gasteiger partial charge in [0, 0.05) is 0 Å². The summed E-state index contributed by atoms with van der Waals surface area (Å²) in [5.74, 6) is 0.799. The second kappa shape index (κ2) is 5.70. The molecule has 0 saturated carbocycles. The van der Waals surface area contributed by atoms with Gasteiger partial charge in [0.2, 0.25) is 0 Å². The molecule has 4 heteroatoms. The molecule has 1 atom stereocenters. The average Bonchev–Trinajstić information content (AvgIpc) is 2.60. The van der Waals surface area contributed by atoms with Crippen LogP contribution in [0.15, 0.2) is 16.5 Å². The van der Waals surface area contributed by atoms with Crippen LogP contribution in [0.25, 0.3) is 0 Å². The zero-order valence-electron chi connectivity index (χ0n) is 10.1. The van der Waals surface area contributed by atoms with Crippen LogP contribution in [-0.2, 0) is 11.3 Å². The molecule has 0 aliphatic carbocycles. The maximum absolute atomic E-state index is 10.6. The van der Waals surface area contributed by atoms with Crippen molar-refractivity contribution < 1.29 is 14.3 Å². The average molecular weight is 225 g/mol. The number of furan rings is 1. The van der Waals surface area contributed by atoms with E-state index >= 15 is 0 Å². The molecule has 1 N–H and O–H groups in total. The number of aliphatic carboxylic acids is 1. The number of aryl methyl sites for hydroxylation is 1. The van der Waals surface area contributed by atoms with Crippen molar-refractivity contribution in [3.63, 3.8) is 0 Å². The number of hydrogen-bond acceptors (Lipinski definition) is 3. The third kappa shape index (κ3) is 4.06. The summed E-state index contributed by atoms with van der Waals surface area (Å²) in [5, 5.41) is 8.75. The van der Waals surface area contributed by atoms with Gasteiger partial charge >= 0.3 is 5.97 Å². The lowest BCUT2D eigenvalue weighted by atomic mass is 10.1. The normalized spacial score (nSPS) is 13.0. The lowest BCUT2D eigenvalue weighted by Crippen LogP contribution is -2.22. The molecule has 1 rings (SSSR count). The Balaban J connectivity index is 2.31. The SMILES string of the molecule is Cc1ccc(CN(C)CCC(C)C(=O)O)o1. The van der Waals surface area contributed by atoms with E-state index in [1.807, 2.05) is 26.1 Å². The maximum atomic E-state index is 10.6. The molecular formula is C12H19NO3. The molecule has 0 saturated heterocycles. The van der Waals surface area contributed by atoms with Crippen LogP contribution in [0.3, 0.4) is 0 Å². The van der Waals surface area contributed by atoms with E-state index < -0.39 is 5.97 Å². The number of nitrogens with zero attached hydrogens (tertiary/aromatic N) is 1. The Morgan fingerprint density at radius 1 is 1.56 bits per heavy atom. The minimum atomic E-state index is -0.734. The molecule has 0 aliphatic rings. The third-order valence-electron chi connectivity index (χ3n) is 2.59. The molecule has 1 aromatic rings. The van der Waals surface area contributed by atoms with E-state index in [1.54, 1.807) is 6.92 Å². The second-order valence-electron chi connectivity index (χ2n) is 4.28. The largest absolute Gasteiger partial charge is 0.481 e. The molecule has 0 spiro atoms. The molecule has 0 amide bonds. The number of rotatable bonds is 6. The Morgan fingerprint density at radius 2 is 2.25 bits per heavy atom. The van der Waals surface area contributed by atoms with Gasteiger partial charge in [0.05, 0.1) is 12.5 Å². The highest BCUT2D eigenvalue weighted by molar-refractivity contribution is 5.69. The van der Waals surface area contributed by atoms with Crippen molar-refractivity contribution in [3.8, 4) is 0 Å². The topological polar surface area (TPSA) is 53.7 Å². The molecule has 0 bridgehead atoms. The molecule has 1 aromatic heterocycles. The van der Waals surface area contributed by atoms with Crippen molar-refractivity contribution in [3.05, 3.63) is 23.7 Å². The fourth-order valence-corrected chi connectivity index (χ4v) is 1.45. The van der Waals surface area contributed by atoms with Crippen LogP contribution < -0.4 is 0 Å². The first-order valence-corrected chi connectivity index (χ1v) is 5.45. The van der Waals surface area contributed by atoms with Crippen LogP contribution in [-0.4, -0.2) is 29.6 Å². The third-order valence-corrected chi connectivity index (χ3v) is 2.59. The van der Waals surface area contributed by atoms with Gasteiger partial charge in [0.25, 0.3) is 0 Å². The van der Waals surface area contributed by atoms with Gasteiger partial charge in [-0.3, -0.25) is 9.69 Å². The Morgan fingerprint density at radius 3 is 2.75 bits per heavy atom. The van der Waals surface area contributed by atoms with E-state index in [9.17, 15) is 4.79 Å². The van der Waals surface area contributed by atoms with Crippen LogP contribution >= 0.6 is 0 Å². The van der Waals surface area contributed by atoms with Crippen molar-refractivity contribution in [2.24, 2.45) is 5.92 Å². The Kier molecular flexibility index (Phi) is 4.55. The van der Waals surface area contributed by atoms with Gasteiger partial charge in [-0.25, -0.2) is 0 Å². The molecular weight excluding hydrogens is 206 g/mol. The number of carboxylic acids is 1. The van der Waals surface area contributed by atoms with E-state index in [0.29, 0.717) is 6.42 Å². The van der Waals surface area contributed by atoms with Gasteiger partial charge in [0.15, 0.2) is 0 Å². The Hall–Kier alpha value is -1.29. The summed E-state index contributed by atoms with van der Waals surface area (Å²) in [6.07, 6.45) is 0.658. The van der Waals surface area contributed by atoms with Crippen molar-refractivity contribution in [1.82, 2.24) is 4.90 Å². The lowest BCUT2D eigenvalue weighted by Gasteiger charge is -2.16. The van der Waals surface area contributed by atoms with Crippen LogP contribution in [0, 0.1) is 12.8 Å². The van der Waals surface area contributed by atoms with Crippen LogP contribution in [0.2, 0.25) is 0 Å². The fourth-order valence-electron chi connectivity index (χ4n) is 1.45. The minimum absolute atomic E-state index is 0.291. The highest BCUT2D eigenvalue weighted by atomic mass is 16.4. The number of carboxylic acid groups (broad SMARTS) is 1.